The Morgan fingerprint density at radius 1 is 1.16 bits per heavy atom. The van der Waals surface area contributed by atoms with Crippen molar-refractivity contribution in [3.63, 3.8) is 0 Å². The van der Waals surface area contributed by atoms with Crippen LogP contribution in [0.5, 0.6) is 0 Å². The molecule has 19 heavy (non-hydrogen) atoms. The highest BCUT2D eigenvalue weighted by atomic mass is 16.6. The molecule has 1 aromatic rings. The van der Waals surface area contributed by atoms with Crippen LogP contribution in [-0.2, 0) is 9.47 Å². The van der Waals surface area contributed by atoms with Crippen molar-refractivity contribution in [3.05, 3.63) is 35.4 Å². The summed E-state index contributed by atoms with van der Waals surface area (Å²) in [5, 5.41) is 0. The number of carbonyl (C=O) groups excluding carboxylic acids is 3. The number of hydrogen-bond acceptors (Lipinski definition) is 5. The fraction of sp³-hybridized carbons (Fsp3) is 0.308. The number of benzene rings is 1. The van der Waals surface area contributed by atoms with E-state index in [1.165, 1.54) is 26.3 Å². The summed E-state index contributed by atoms with van der Waals surface area (Å²) < 4.78 is 9.31. The largest absolute Gasteiger partial charge is 0.465 e. The number of imide groups is 1. The first-order chi connectivity index (χ1) is 9.02. The Labute approximate surface area is 110 Å². The van der Waals surface area contributed by atoms with Crippen molar-refractivity contribution in [2.24, 2.45) is 0 Å². The molecule has 102 valence electrons. The fourth-order valence-corrected chi connectivity index (χ4v) is 1.44. The van der Waals surface area contributed by atoms with Crippen LogP contribution in [0.1, 0.15) is 27.6 Å². The molecule has 6 heteroatoms. The molecule has 1 rings (SSSR count). The minimum Gasteiger partial charge on any atom is -0.465 e. The molecule has 0 aliphatic heterocycles. The molecule has 2 amide bonds. The Balaban J connectivity index is 3.06. The van der Waals surface area contributed by atoms with E-state index < -0.39 is 18.0 Å². The quantitative estimate of drug-likeness (QED) is 0.778. The molecule has 0 bridgehead atoms. The molecule has 0 radical (unpaired) electrons. The summed E-state index contributed by atoms with van der Waals surface area (Å²) in [7, 11) is 2.51. The second kappa shape index (κ2) is 6.53. The second-order valence-electron chi connectivity index (χ2n) is 3.60. The summed E-state index contributed by atoms with van der Waals surface area (Å²) in [5.41, 5.74) is 0.191. The van der Waals surface area contributed by atoms with Gasteiger partial charge in [-0.3, -0.25) is 4.79 Å². The topological polar surface area (TPSA) is 72.9 Å². The van der Waals surface area contributed by atoms with E-state index in [1.807, 2.05) is 0 Å². The fourth-order valence-electron chi connectivity index (χ4n) is 1.44. The summed E-state index contributed by atoms with van der Waals surface area (Å²) >= 11 is 0. The van der Waals surface area contributed by atoms with Crippen LogP contribution in [0.4, 0.5) is 4.79 Å². The molecule has 0 saturated heterocycles. The number of esters is 1. The first kappa shape index (κ1) is 14.7. The average molecular weight is 265 g/mol. The molecule has 0 N–H and O–H groups in total. The van der Waals surface area contributed by atoms with Crippen molar-refractivity contribution in [2.75, 3.05) is 20.8 Å². The highest BCUT2D eigenvalue weighted by Gasteiger charge is 2.24. The number of rotatable bonds is 3. The zero-order chi connectivity index (χ0) is 14.4. The van der Waals surface area contributed by atoms with Crippen LogP contribution < -0.4 is 0 Å². The molecule has 0 spiro atoms. The molecular weight excluding hydrogens is 250 g/mol. The van der Waals surface area contributed by atoms with Crippen molar-refractivity contribution in [1.29, 1.82) is 0 Å². The van der Waals surface area contributed by atoms with Crippen molar-refractivity contribution in [1.82, 2.24) is 4.90 Å². The molecule has 6 nitrogen and oxygen atoms in total. The summed E-state index contributed by atoms with van der Waals surface area (Å²) in [6.07, 6.45) is -0.771. The number of hydrogen-bond donors (Lipinski definition) is 0. The zero-order valence-electron chi connectivity index (χ0n) is 11.0. The third kappa shape index (κ3) is 3.31. The van der Waals surface area contributed by atoms with Crippen molar-refractivity contribution < 1.29 is 23.9 Å². The smallest absolute Gasteiger partial charge is 0.416 e. The SMILES string of the molecule is CCOC(=O)N(C)C(=O)c1ccccc1C(=O)OC. The van der Waals surface area contributed by atoms with E-state index in [2.05, 4.69) is 4.74 Å². The van der Waals surface area contributed by atoms with Gasteiger partial charge in [-0.1, -0.05) is 12.1 Å². The van der Waals surface area contributed by atoms with Gasteiger partial charge in [0.25, 0.3) is 5.91 Å². The van der Waals surface area contributed by atoms with Crippen LogP contribution in [0.15, 0.2) is 24.3 Å². The van der Waals surface area contributed by atoms with E-state index >= 15 is 0 Å². The lowest BCUT2D eigenvalue weighted by Gasteiger charge is -2.16. The summed E-state index contributed by atoms with van der Waals surface area (Å²) in [6, 6.07) is 6.11. The predicted molar refractivity (Wildman–Crippen MR) is 66.9 cm³/mol. The lowest BCUT2D eigenvalue weighted by molar-refractivity contribution is 0.0587. The Morgan fingerprint density at radius 2 is 1.74 bits per heavy atom. The van der Waals surface area contributed by atoms with Crippen LogP contribution in [-0.4, -0.2) is 43.6 Å². The zero-order valence-corrected chi connectivity index (χ0v) is 11.0. The molecule has 0 aliphatic rings. The van der Waals surface area contributed by atoms with Crippen LogP contribution in [0.3, 0.4) is 0 Å². The first-order valence-electron chi connectivity index (χ1n) is 5.65. The predicted octanol–water partition coefficient (Wildman–Crippen LogP) is 1.70. The third-order valence-corrected chi connectivity index (χ3v) is 2.41. The maximum absolute atomic E-state index is 12.1. The summed E-state index contributed by atoms with van der Waals surface area (Å²) in [5.74, 6) is -1.26. The van der Waals surface area contributed by atoms with Gasteiger partial charge in [-0.2, -0.15) is 0 Å². The van der Waals surface area contributed by atoms with Gasteiger partial charge >= 0.3 is 12.1 Å². The molecule has 0 aliphatic carbocycles. The summed E-state index contributed by atoms with van der Waals surface area (Å²) in [4.78, 5) is 36.0. The third-order valence-electron chi connectivity index (χ3n) is 2.41. The van der Waals surface area contributed by atoms with Crippen LogP contribution in [0, 0.1) is 0 Å². The standard InChI is InChI=1S/C13H15NO5/c1-4-19-13(17)14(2)11(15)9-7-5-6-8-10(9)12(16)18-3/h5-8H,4H2,1-3H3. The van der Waals surface area contributed by atoms with E-state index in [9.17, 15) is 14.4 Å². The maximum atomic E-state index is 12.1. The van der Waals surface area contributed by atoms with Gasteiger partial charge in [-0.05, 0) is 19.1 Å². The number of amides is 2. The van der Waals surface area contributed by atoms with Crippen LogP contribution in [0.2, 0.25) is 0 Å². The van der Waals surface area contributed by atoms with Gasteiger partial charge in [0.15, 0.2) is 0 Å². The molecule has 0 fully saturated rings. The van der Waals surface area contributed by atoms with Gasteiger partial charge in [0.2, 0.25) is 0 Å². The van der Waals surface area contributed by atoms with Crippen LogP contribution >= 0.6 is 0 Å². The van der Waals surface area contributed by atoms with E-state index in [0.29, 0.717) is 0 Å². The Morgan fingerprint density at radius 3 is 2.26 bits per heavy atom. The minimum atomic E-state index is -0.771. The molecule has 1 aromatic carbocycles. The average Bonchev–Trinajstić information content (AvgIpc) is 2.45. The number of carbonyl (C=O) groups is 3. The lowest BCUT2D eigenvalue weighted by atomic mass is 10.1. The lowest BCUT2D eigenvalue weighted by Crippen LogP contribution is -2.34. The normalized spacial score (nSPS) is 9.63. The van der Waals surface area contributed by atoms with Gasteiger partial charge < -0.3 is 9.47 Å². The van der Waals surface area contributed by atoms with Gasteiger partial charge in [0.1, 0.15) is 0 Å². The molecule has 0 unspecified atom stereocenters. The van der Waals surface area contributed by atoms with Crippen molar-refractivity contribution in [3.8, 4) is 0 Å². The highest BCUT2D eigenvalue weighted by molar-refractivity contribution is 6.09. The minimum absolute atomic E-state index is 0.0879. The Hall–Kier alpha value is -2.37. The maximum Gasteiger partial charge on any atom is 0.416 e. The van der Waals surface area contributed by atoms with E-state index in [1.54, 1.807) is 19.1 Å². The van der Waals surface area contributed by atoms with Crippen LogP contribution in [0.25, 0.3) is 0 Å². The second-order valence-corrected chi connectivity index (χ2v) is 3.60. The van der Waals surface area contributed by atoms with E-state index in [0.717, 1.165) is 4.90 Å². The van der Waals surface area contributed by atoms with Gasteiger partial charge in [0.05, 0.1) is 24.8 Å². The monoisotopic (exact) mass is 265 g/mol. The number of nitrogens with zero attached hydrogens (tertiary/aromatic N) is 1. The van der Waals surface area contributed by atoms with Gasteiger partial charge in [-0.15, -0.1) is 0 Å². The Kier molecular flexibility index (Phi) is 5.05. The first-order valence-corrected chi connectivity index (χ1v) is 5.65. The van der Waals surface area contributed by atoms with E-state index in [4.69, 9.17) is 4.74 Å². The highest BCUT2D eigenvalue weighted by Crippen LogP contribution is 2.13. The van der Waals surface area contributed by atoms with E-state index in [-0.39, 0.29) is 17.7 Å². The number of ether oxygens (including phenoxy) is 2. The van der Waals surface area contributed by atoms with Crippen molar-refractivity contribution in [2.45, 2.75) is 6.92 Å². The van der Waals surface area contributed by atoms with Gasteiger partial charge in [0, 0.05) is 7.05 Å². The molecule has 0 saturated carbocycles. The molecule has 0 atom stereocenters. The Bertz CT molecular complexity index is 498. The molecule has 0 aromatic heterocycles. The van der Waals surface area contributed by atoms with Gasteiger partial charge in [-0.25, -0.2) is 14.5 Å². The summed E-state index contributed by atoms with van der Waals surface area (Å²) in [6.45, 7) is 1.80. The van der Waals surface area contributed by atoms with Crippen molar-refractivity contribution >= 4 is 18.0 Å². The molecule has 0 heterocycles. The number of methoxy groups -OCH3 is 1. The molecular formula is C13H15NO5.